The summed E-state index contributed by atoms with van der Waals surface area (Å²) in [7, 11) is 0. The van der Waals surface area contributed by atoms with Crippen molar-refractivity contribution in [1.82, 2.24) is 9.97 Å². The second-order valence-electron chi connectivity index (χ2n) is 6.15. The van der Waals surface area contributed by atoms with Gasteiger partial charge >= 0.3 is 0 Å². The number of aryl methyl sites for hydroxylation is 1. The van der Waals surface area contributed by atoms with Crippen LogP contribution in [0.4, 0.5) is 11.4 Å². The van der Waals surface area contributed by atoms with Gasteiger partial charge in [0, 0.05) is 30.0 Å². The van der Waals surface area contributed by atoms with E-state index in [9.17, 15) is 4.79 Å². The topological polar surface area (TPSA) is 70.2 Å². The second-order valence-corrected chi connectivity index (χ2v) is 6.15. The summed E-state index contributed by atoms with van der Waals surface area (Å²) in [6, 6.07) is 13.4. The molecular weight excluding hydrogens is 316 g/mol. The quantitative estimate of drug-likeness (QED) is 0.771. The number of nitrogens with one attached hydrogen (secondary N) is 2. The maximum absolute atomic E-state index is 12.5. The number of rotatable bonds is 3. The summed E-state index contributed by atoms with van der Waals surface area (Å²) in [4.78, 5) is 22.3. The fraction of sp³-hybridized carbons (Fsp3) is 0.263. The van der Waals surface area contributed by atoms with Crippen LogP contribution in [-0.2, 0) is 4.74 Å². The summed E-state index contributed by atoms with van der Waals surface area (Å²) in [5, 5.41) is 2.94. The van der Waals surface area contributed by atoms with Gasteiger partial charge in [-0.15, -0.1) is 0 Å². The third-order valence-electron chi connectivity index (χ3n) is 4.36. The molecule has 2 N–H and O–H groups in total. The number of imidazole rings is 1. The molecule has 0 atom stereocenters. The number of hydrogen-bond acceptors (Lipinski definition) is 4. The number of hydrogen-bond donors (Lipinski definition) is 2. The van der Waals surface area contributed by atoms with Gasteiger partial charge in [-0.25, -0.2) is 4.98 Å². The molecule has 1 aromatic heterocycles. The van der Waals surface area contributed by atoms with Crippen molar-refractivity contribution in [3.05, 3.63) is 53.9 Å². The number of carbonyl (C=O) groups excluding carboxylic acids is 1. The zero-order valence-corrected chi connectivity index (χ0v) is 14.1. The predicted molar refractivity (Wildman–Crippen MR) is 98.3 cm³/mol. The van der Waals surface area contributed by atoms with Crippen LogP contribution in [0.1, 0.15) is 16.2 Å². The van der Waals surface area contributed by atoms with E-state index in [1.807, 2.05) is 43.3 Å². The van der Waals surface area contributed by atoms with E-state index in [4.69, 9.17) is 4.74 Å². The number of benzene rings is 2. The van der Waals surface area contributed by atoms with E-state index in [2.05, 4.69) is 20.2 Å². The van der Waals surface area contributed by atoms with Gasteiger partial charge < -0.3 is 19.9 Å². The molecular formula is C19H20N4O2. The van der Waals surface area contributed by atoms with E-state index in [0.29, 0.717) is 5.56 Å². The lowest BCUT2D eigenvalue weighted by atomic mass is 10.1. The van der Waals surface area contributed by atoms with E-state index in [0.717, 1.165) is 54.5 Å². The molecule has 0 aliphatic carbocycles. The van der Waals surface area contributed by atoms with Crippen LogP contribution in [0.2, 0.25) is 0 Å². The first-order valence-corrected chi connectivity index (χ1v) is 8.39. The Kier molecular flexibility index (Phi) is 4.11. The smallest absolute Gasteiger partial charge is 0.255 e. The number of nitrogens with zero attached hydrogens (tertiary/aromatic N) is 2. The average molecular weight is 336 g/mol. The molecule has 1 aliphatic heterocycles. The molecule has 4 rings (SSSR count). The Balaban J connectivity index is 1.47. The largest absolute Gasteiger partial charge is 0.378 e. The van der Waals surface area contributed by atoms with Crippen LogP contribution in [-0.4, -0.2) is 42.2 Å². The molecule has 2 aromatic carbocycles. The van der Waals surface area contributed by atoms with Crippen LogP contribution in [0, 0.1) is 6.92 Å². The average Bonchev–Trinajstić information content (AvgIpc) is 3.02. The molecule has 6 heteroatoms. The van der Waals surface area contributed by atoms with Crippen molar-refractivity contribution in [3.63, 3.8) is 0 Å². The molecule has 1 amide bonds. The molecule has 0 saturated carbocycles. The van der Waals surface area contributed by atoms with Crippen molar-refractivity contribution in [2.45, 2.75) is 6.92 Å². The lowest BCUT2D eigenvalue weighted by Gasteiger charge is -2.28. The molecule has 0 bridgehead atoms. The highest BCUT2D eigenvalue weighted by molar-refractivity contribution is 6.06. The first-order valence-electron chi connectivity index (χ1n) is 8.39. The molecule has 6 nitrogen and oxygen atoms in total. The van der Waals surface area contributed by atoms with Gasteiger partial charge in [-0.1, -0.05) is 0 Å². The molecule has 1 saturated heterocycles. The van der Waals surface area contributed by atoms with E-state index in [-0.39, 0.29) is 5.91 Å². The van der Waals surface area contributed by atoms with Gasteiger partial charge in [-0.2, -0.15) is 0 Å². The molecule has 128 valence electrons. The van der Waals surface area contributed by atoms with Crippen molar-refractivity contribution in [3.8, 4) is 0 Å². The van der Waals surface area contributed by atoms with Gasteiger partial charge in [-0.3, -0.25) is 4.79 Å². The van der Waals surface area contributed by atoms with E-state index < -0.39 is 0 Å². The Morgan fingerprint density at radius 3 is 2.68 bits per heavy atom. The minimum Gasteiger partial charge on any atom is -0.378 e. The van der Waals surface area contributed by atoms with Crippen LogP contribution in [0.5, 0.6) is 0 Å². The second kappa shape index (κ2) is 6.57. The number of fused-ring (bicyclic) bond motifs is 1. The standard InChI is InChI=1S/C19H20N4O2/c1-13-20-17-7-2-14(12-18(17)21-13)19(24)22-15-3-5-16(6-4-15)23-8-10-25-11-9-23/h2-7,12H,8-11H2,1H3,(H,20,21)(H,22,24). The number of ether oxygens (including phenoxy) is 1. The lowest BCUT2D eigenvalue weighted by Crippen LogP contribution is -2.36. The summed E-state index contributed by atoms with van der Waals surface area (Å²) in [5.41, 5.74) is 4.27. The summed E-state index contributed by atoms with van der Waals surface area (Å²) >= 11 is 0. The highest BCUT2D eigenvalue weighted by Gasteiger charge is 2.12. The van der Waals surface area contributed by atoms with Crippen LogP contribution in [0.25, 0.3) is 11.0 Å². The Hall–Kier alpha value is -2.86. The van der Waals surface area contributed by atoms with Crippen LogP contribution in [0.3, 0.4) is 0 Å². The Morgan fingerprint density at radius 1 is 1.16 bits per heavy atom. The van der Waals surface area contributed by atoms with Gasteiger partial charge in [0.05, 0.1) is 24.2 Å². The van der Waals surface area contributed by atoms with Crippen LogP contribution >= 0.6 is 0 Å². The fourth-order valence-corrected chi connectivity index (χ4v) is 3.06. The molecule has 1 aliphatic rings. The highest BCUT2D eigenvalue weighted by atomic mass is 16.5. The molecule has 0 unspecified atom stereocenters. The SMILES string of the molecule is Cc1nc2ccc(C(=O)Nc3ccc(N4CCOCC4)cc3)cc2[nH]1. The summed E-state index contributed by atoms with van der Waals surface area (Å²) in [5.74, 6) is 0.708. The summed E-state index contributed by atoms with van der Waals surface area (Å²) in [6.45, 7) is 5.21. The number of amides is 1. The Bertz CT molecular complexity index is 895. The molecule has 0 spiro atoms. The third kappa shape index (κ3) is 3.34. The van der Waals surface area contributed by atoms with Crippen LogP contribution < -0.4 is 10.2 Å². The first-order chi connectivity index (χ1) is 12.2. The highest BCUT2D eigenvalue weighted by Crippen LogP contribution is 2.20. The number of carbonyl (C=O) groups is 1. The zero-order valence-electron chi connectivity index (χ0n) is 14.1. The minimum atomic E-state index is -0.131. The van der Waals surface area contributed by atoms with Crippen LogP contribution in [0.15, 0.2) is 42.5 Å². The van der Waals surface area contributed by atoms with Gasteiger partial charge in [0.2, 0.25) is 0 Å². The van der Waals surface area contributed by atoms with Gasteiger partial charge in [0.1, 0.15) is 5.82 Å². The normalized spacial score (nSPS) is 14.7. The van der Waals surface area contributed by atoms with E-state index >= 15 is 0 Å². The maximum Gasteiger partial charge on any atom is 0.255 e. The fourth-order valence-electron chi connectivity index (χ4n) is 3.06. The lowest BCUT2D eigenvalue weighted by molar-refractivity contribution is 0.102. The Morgan fingerprint density at radius 2 is 1.92 bits per heavy atom. The van der Waals surface area contributed by atoms with Crippen molar-refractivity contribution < 1.29 is 9.53 Å². The molecule has 3 aromatic rings. The number of H-pyrrole nitrogens is 1. The minimum absolute atomic E-state index is 0.131. The van der Waals surface area contributed by atoms with E-state index in [1.54, 1.807) is 6.07 Å². The molecule has 2 heterocycles. The van der Waals surface area contributed by atoms with Crippen molar-refractivity contribution in [2.24, 2.45) is 0 Å². The predicted octanol–water partition coefficient (Wildman–Crippen LogP) is 2.96. The van der Waals surface area contributed by atoms with E-state index in [1.165, 1.54) is 0 Å². The monoisotopic (exact) mass is 336 g/mol. The van der Waals surface area contributed by atoms with Crippen molar-refractivity contribution in [2.75, 3.05) is 36.5 Å². The number of anilines is 2. The number of morpholine rings is 1. The molecule has 25 heavy (non-hydrogen) atoms. The Labute approximate surface area is 145 Å². The maximum atomic E-state index is 12.5. The van der Waals surface area contributed by atoms with Gasteiger partial charge in [0.15, 0.2) is 0 Å². The third-order valence-corrected chi connectivity index (χ3v) is 4.36. The van der Waals surface area contributed by atoms with Gasteiger partial charge in [0.25, 0.3) is 5.91 Å². The van der Waals surface area contributed by atoms with Gasteiger partial charge in [-0.05, 0) is 49.4 Å². The molecule has 1 fully saturated rings. The molecule has 0 radical (unpaired) electrons. The summed E-state index contributed by atoms with van der Waals surface area (Å²) in [6.07, 6.45) is 0. The van der Waals surface area contributed by atoms with Crippen molar-refractivity contribution >= 4 is 28.3 Å². The van der Waals surface area contributed by atoms with Crippen molar-refractivity contribution in [1.29, 1.82) is 0 Å². The number of aromatic nitrogens is 2. The number of aromatic amines is 1. The zero-order chi connectivity index (χ0) is 17.2. The summed E-state index contributed by atoms with van der Waals surface area (Å²) < 4.78 is 5.37. The first kappa shape index (κ1) is 15.7.